The normalized spacial score (nSPS) is 19.1. The zero-order valence-electron chi connectivity index (χ0n) is 4.86. The Hall–Kier alpha value is -0.520. The van der Waals surface area contributed by atoms with Crippen LogP contribution < -0.4 is 0 Å². The van der Waals surface area contributed by atoms with Gasteiger partial charge in [-0.05, 0) is 20.3 Å². The molecule has 0 nitrogen and oxygen atoms in total. The SMILES string of the molecule is CC1=CCC(C)=C1. The molecule has 38 valence electrons. The van der Waals surface area contributed by atoms with E-state index in [0.717, 1.165) is 0 Å². The first kappa shape index (κ1) is 4.63. The molecule has 0 amide bonds. The Morgan fingerprint density at radius 3 is 2.29 bits per heavy atom. The quantitative estimate of drug-likeness (QED) is 0.432. The van der Waals surface area contributed by atoms with Gasteiger partial charge < -0.3 is 0 Å². The average Bonchev–Trinajstić information content (AvgIpc) is 1.87. The molecule has 0 unspecified atom stereocenters. The highest BCUT2D eigenvalue weighted by molar-refractivity contribution is 5.29. The van der Waals surface area contributed by atoms with Crippen molar-refractivity contribution >= 4 is 0 Å². The van der Waals surface area contributed by atoms with Gasteiger partial charge in [0.25, 0.3) is 0 Å². The van der Waals surface area contributed by atoms with Crippen molar-refractivity contribution in [2.75, 3.05) is 0 Å². The van der Waals surface area contributed by atoms with Crippen LogP contribution in [0.15, 0.2) is 23.3 Å². The molecule has 0 saturated carbocycles. The predicted molar refractivity (Wildman–Crippen MR) is 32.1 cm³/mol. The first-order valence-electron chi connectivity index (χ1n) is 2.63. The second kappa shape index (κ2) is 1.53. The van der Waals surface area contributed by atoms with E-state index in [1.54, 1.807) is 0 Å². The Bertz CT molecular complexity index is 127. The zero-order valence-corrected chi connectivity index (χ0v) is 4.86. The van der Waals surface area contributed by atoms with Crippen LogP contribution in [0.1, 0.15) is 20.3 Å². The van der Waals surface area contributed by atoms with Crippen molar-refractivity contribution < 1.29 is 0 Å². The van der Waals surface area contributed by atoms with Gasteiger partial charge >= 0.3 is 0 Å². The van der Waals surface area contributed by atoms with Gasteiger partial charge in [0.1, 0.15) is 0 Å². The number of allylic oxidation sites excluding steroid dienone is 4. The molecule has 0 aromatic rings. The van der Waals surface area contributed by atoms with Crippen molar-refractivity contribution in [1.29, 1.82) is 0 Å². The van der Waals surface area contributed by atoms with Crippen LogP contribution in [0.2, 0.25) is 0 Å². The Morgan fingerprint density at radius 2 is 2.14 bits per heavy atom. The molecule has 1 aliphatic carbocycles. The third-order valence-electron chi connectivity index (χ3n) is 1.22. The van der Waals surface area contributed by atoms with Crippen molar-refractivity contribution in [3.8, 4) is 0 Å². The molecular weight excluding hydrogens is 84.1 g/mol. The summed E-state index contributed by atoms with van der Waals surface area (Å²) in [6.07, 6.45) is 5.64. The van der Waals surface area contributed by atoms with Gasteiger partial charge in [-0.15, -0.1) is 0 Å². The monoisotopic (exact) mass is 94.1 g/mol. The van der Waals surface area contributed by atoms with Gasteiger partial charge in [0.15, 0.2) is 0 Å². The lowest BCUT2D eigenvalue weighted by atomic mass is 10.3. The largest absolute Gasteiger partial charge is 0.0775 e. The molecule has 0 aromatic carbocycles. The molecule has 0 heteroatoms. The molecule has 0 N–H and O–H groups in total. The van der Waals surface area contributed by atoms with Gasteiger partial charge in [-0.1, -0.05) is 23.3 Å². The summed E-state index contributed by atoms with van der Waals surface area (Å²) in [5.41, 5.74) is 2.90. The van der Waals surface area contributed by atoms with Crippen LogP contribution in [0.25, 0.3) is 0 Å². The highest BCUT2D eigenvalue weighted by Gasteiger charge is 1.94. The lowest BCUT2D eigenvalue weighted by Crippen LogP contribution is -1.59. The van der Waals surface area contributed by atoms with Crippen LogP contribution in [-0.4, -0.2) is 0 Å². The fourth-order valence-corrected chi connectivity index (χ4v) is 0.828. The maximum atomic E-state index is 2.25. The fourth-order valence-electron chi connectivity index (χ4n) is 0.828. The van der Waals surface area contributed by atoms with Gasteiger partial charge in [-0.25, -0.2) is 0 Å². The van der Waals surface area contributed by atoms with E-state index in [2.05, 4.69) is 26.0 Å². The Morgan fingerprint density at radius 1 is 1.43 bits per heavy atom. The smallest absolute Gasteiger partial charge is 0.0133 e. The number of rotatable bonds is 0. The third kappa shape index (κ3) is 0.923. The van der Waals surface area contributed by atoms with Gasteiger partial charge in [0.05, 0.1) is 0 Å². The number of hydrogen-bond acceptors (Lipinski definition) is 0. The third-order valence-corrected chi connectivity index (χ3v) is 1.22. The summed E-state index contributed by atoms with van der Waals surface area (Å²) in [6.45, 7) is 4.30. The van der Waals surface area contributed by atoms with E-state index in [4.69, 9.17) is 0 Å². The van der Waals surface area contributed by atoms with Crippen molar-refractivity contribution in [2.45, 2.75) is 20.3 Å². The summed E-state index contributed by atoms with van der Waals surface area (Å²) >= 11 is 0. The molecule has 1 rings (SSSR count). The summed E-state index contributed by atoms with van der Waals surface area (Å²) < 4.78 is 0. The maximum Gasteiger partial charge on any atom is -0.0133 e. The van der Waals surface area contributed by atoms with E-state index >= 15 is 0 Å². The molecule has 0 fully saturated rings. The van der Waals surface area contributed by atoms with Crippen molar-refractivity contribution in [3.63, 3.8) is 0 Å². The molecule has 0 aromatic heterocycles. The van der Waals surface area contributed by atoms with Crippen LogP contribution in [0, 0.1) is 0 Å². The highest BCUT2D eigenvalue weighted by Crippen LogP contribution is 2.14. The Balaban J connectivity index is 2.69. The van der Waals surface area contributed by atoms with Crippen molar-refractivity contribution in [3.05, 3.63) is 23.3 Å². The first-order chi connectivity index (χ1) is 3.29. The minimum Gasteiger partial charge on any atom is -0.0775 e. The number of hydrogen-bond donors (Lipinski definition) is 0. The Labute approximate surface area is 44.5 Å². The van der Waals surface area contributed by atoms with Crippen molar-refractivity contribution in [2.24, 2.45) is 0 Å². The summed E-state index contributed by atoms with van der Waals surface area (Å²) in [5.74, 6) is 0. The van der Waals surface area contributed by atoms with E-state index < -0.39 is 0 Å². The van der Waals surface area contributed by atoms with E-state index in [0.29, 0.717) is 0 Å². The molecule has 1 aliphatic rings. The maximum absolute atomic E-state index is 2.25. The van der Waals surface area contributed by atoms with E-state index in [9.17, 15) is 0 Å². The Kier molecular flexibility index (Phi) is 1.01. The lowest BCUT2D eigenvalue weighted by molar-refractivity contribution is 1.25. The summed E-state index contributed by atoms with van der Waals surface area (Å²) in [6, 6.07) is 0. The van der Waals surface area contributed by atoms with Gasteiger partial charge in [-0.2, -0.15) is 0 Å². The molecule has 0 heterocycles. The van der Waals surface area contributed by atoms with Gasteiger partial charge in [0.2, 0.25) is 0 Å². The summed E-state index contributed by atoms with van der Waals surface area (Å²) in [7, 11) is 0. The molecule has 0 radical (unpaired) electrons. The van der Waals surface area contributed by atoms with E-state index in [1.165, 1.54) is 17.6 Å². The first-order valence-corrected chi connectivity index (χ1v) is 2.63. The van der Waals surface area contributed by atoms with Crippen LogP contribution >= 0.6 is 0 Å². The van der Waals surface area contributed by atoms with Crippen LogP contribution in [0.3, 0.4) is 0 Å². The van der Waals surface area contributed by atoms with Crippen LogP contribution in [0.4, 0.5) is 0 Å². The van der Waals surface area contributed by atoms with Crippen LogP contribution in [0.5, 0.6) is 0 Å². The summed E-state index contributed by atoms with van der Waals surface area (Å²) in [4.78, 5) is 0. The molecule has 0 saturated heterocycles. The zero-order chi connectivity index (χ0) is 5.28. The van der Waals surface area contributed by atoms with Gasteiger partial charge in [0, 0.05) is 0 Å². The second-order valence-electron chi connectivity index (χ2n) is 2.14. The second-order valence-corrected chi connectivity index (χ2v) is 2.14. The van der Waals surface area contributed by atoms with Crippen LogP contribution in [-0.2, 0) is 0 Å². The van der Waals surface area contributed by atoms with Crippen molar-refractivity contribution in [1.82, 2.24) is 0 Å². The molecule has 0 spiro atoms. The average molecular weight is 94.2 g/mol. The predicted octanol–water partition coefficient (Wildman–Crippen LogP) is 2.28. The minimum absolute atomic E-state index is 1.17. The topological polar surface area (TPSA) is 0 Å². The summed E-state index contributed by atoms with van der Waals surface area (Å²) in [5, 5.41) is 0. The highest BCUT2D eigenvalue weighted by atomic mass is 14.0. The molecule has 0 aliphatic heterocycles. The lowest BCUT2D eigenvalue weighted by Gasteiger charge is -1.79. The van der Waals surface area contributed by atoms with E-state index in [1.807, 2.05) is 0 Å². The van der Waals surface area contributed by atoms with E-state index in [-0.39, 0.29) is 0 Å². The molecule has 0 bridgehead atoms. The molecule has 0 atom stereocenters. The standard InChI is InChI=1S/C7H10/c1-6-3-4-7(2)5-6/h3,5H,4H2,1-2H3. The minimum atomic E-state index is 1.17. The molecule has 7 heavy (non-hydrogen) atoms. The van der Waals surface area contributed by atoms with Gasteiger partial charge in [-0.3, -0.25) is 0 Å². The molecular formula is C7H10. The fraction of sp³-hybridized carbons (Fsp3) is 0.429.